The Labute approximate surface area is 198 Å². The molecule has 5 rings (SSSR count). The van der Waals surface area contributed by atoms with Gasteiger partial charge in [0.15, 0.2) is 5.75 Å². The van der Waals surface area contributed by atoms with Crippen molar-refractivity contribution in [3.63, 3.8) is 0 Å². The molecule has 0 amide bonds. The maximum absolute atomic E-state index is 13.5. The van der Waals surface area contributed by atoms with Gasteiger partial charge in [0.25, 0.3) is 0 Å². The lowest BCUT2D eigenvalue weighted by molar-refractivity contribution is 0.0153. The number of piperidine rings is 1. The molecular weight excluding hydrogens is 439 g/mol. The molecule has 1 unspecified atom stereocenters. The first kappa shape index (κ1) is 23.1. The highest BCUT2D eigenvalue weighted by atomic mass is 32.2. The summed E-state index contributed by atoms with van der Waals surface area (Å²) in [6.07, 6.45) is 8.33. The van der Waals surface area contributed by atoms with E-state index in [9.17, 15) is 8.94 Å². The molecule has 2 saturated heterocycles. The molecule has 178 valence electrons. The van der Waals surface area contributed by atoms with Gasteiger partial charge in [0.1, 0.15) is 5.82 Å². The standard InChI is InChI=1S/C25H34FN4O2S/c1-2-3-14-33(31)29-9-8-21-15-24-20(17-27-30(24)23-6-4-22(26)5-7-23)16-25(21,19-29)18-28-10-12-32-13-11-28/h4-7,15,17,31H,2-3,8-14,16,18-19H2,1H3/q+1/t25-,33?/m0/s1. The molecule has 8 heteroatoms. The highest BCUT2D eigenvalue weighted by Gasteiger charge is 2.48. The van der Waals surface area contributed by atoms with E-state index in [-0.39, 0.29) is 11.2 Å². The lowest BCUT2D eigenvalue weighted by atomic mass is 9.68. The summed E-state index contributed by atoms with van der Waals surface area (Å²) in [5.41, 5.74) is 4.64. The Kier molecular flexibility index (Phi) is 6.90. The zero-order valence-corrected chi connectivity index (χ0v) is 20.2. The third kappa shape index (κ3) is 4.77. The number of morpholine rings is 1. The van der Waals surface area contributed by atoms with Crippen molar-refractivity contribution in [1.82, 2.24) is 19.0 Å². The van der Waals surface area contributed by atoms with Crippen molar-refractivity contribution in [2.24, 2.45) is 5.41 Å². The van der Waals surface area contributed by atoms with E-state index >= 15 is 0 Å². The Balaban J connectivity index is 1.46. The average molecular weight is 474 g/mol. The zero-order chi connectivity index (χ0) is 22.8. The zero-order valence-electron chi connectivity index (χ0n) is 19.4. The summed E-state index contributed by atoms with van der Waals surface area (Å²) in [5, 5.41) is 4.68. The first-order chi connectivity index (χ1) is 16.1. The van der Waals surface area contributed by atoms with Crippen LogP contribution in [0.25, 0.3) is 11.8 Å². The smallest absolute Gasteiger partial charge is 0.237 e. The van der Waals surface area contributed by atoms with E-state index in [1.807, 2.05) is 10.9 Å². The Morgan fingerprint density at radius 2 is 1.97 bits per heavy atom. The molecule has 2 aromatic rings. The molecule has 2 atom stereocenters. The number of hydrogen-bond acceptors (Lipinski definition) is 5. The topological polar surface area (TPSA) is 53.8 Å². The minimum atomic E-state index is -0.682. The first-order valence-corrected chi connectivity index (χ1v) is 13.4. The quantitative estimate of drug-likeness (QED) is 0.621. The van der Waals surface area contributed by atoms with Gasteiger partial charge in [0.05, 0.1) is 43.9 Å². The van der Waals surface area contributed by atoms with Crippen molar-refractivity contribution in [3.8, 4) is 5.69 Å². The van der Waals surface area contributed by atoms with Gasteiger partial charge >= 0.3 is 0 Å². The van der Waals surface area contributed by atoms with Gasteiger partial charge in [-0.2, -0.15) is 9.65 Å². The molecule has 33 heavy (non-hydrogen) atoms. The largest absolute Gasteiger partial charge is 0.379 e. The number of unbranched alkanes of at least 4 members (excludes halogenated alkanes) is 1. The summed E-state index contributed by atoms with van der Waals surface area (Å²) in [4.78, 5) is 2.53. The summed E-state index contributed by atoms with van der Waals surface area (Å²) < 4.78 is 34.3. The van der Waals surface area contributed by atoms with Crippen LogP contribution >= 0.6 is 0 Å². The molecule has 1 N–H and O–H groups in total. The molecule has 3 aliphatic rings. The van der Waals surface area contributed by atoms with Crippen LogP contribution in [0.15, 0.2) is 36.0 Å². The van der Waals surface area contributed by atoms with E-state index in [1.54, 1.807) is 12.1 Å². The van der Waals surface area contributed by atoms with Crippen LogP contribution in [0.5, 0.6) is 0 Å². The van der Waals surface area contributed by atoms with E-state index in [4.69, 9.17) is 4.74 Å². The fourth-order valence-electron chi connectivity index (χ4n) is 5.40. The van der Waals surface area contributed by atoms with Gasteiger partial charge < -0.3 is 4.74 Å². The predicted octanol–water partition coefficient (Wildman–Crippen LogP) is 3.78. The van der Waals surface area contributed by atoms with E-state index in [1.165, 1.54) is 23.3 Å². The molecule has 2 fully saturated rings. The van der Waals surface area contributed by atoms with Crippen LogP contribution in [0.1, 0.15) is 37.4 Å². The second-order valence-electron chi connectivity index (χ2n) is 9.47. The van der Waals surface area contributed by atoms with Crippen molar-refractivity contribution in [3.05, 3.63) is 53.1 Å². The summed E-state index contributed by atoms with van der Waals surface area (Å²) in [6.45, 7) is 8.40. The van der Waals surface area contributed by atoms with Gasteiger partial charge in [-0.25, -0.2) is 9.07 Å². The van der Waals surface area contributed by atoms with Crippen LogP contribution in [-0.2, 0) is 22.5 Å². The highest BCUT2D eigenvalue weighted by Crippen LogP contribution is 2.45. The van der Waals surface area contributed by atoms with Crippen molar-refractivity contribution < 1.29 is 13.7 Å². The molecule has 0 bridgehead atoms. The molecule has 1 aromatic heterocycles. The van der Waals surface area contributed by atoms with Crippen LogP contribution in [0.4, 0.5) is 4.39 Å². The van der Waals surface area contributed by atoms with Crippen LogP contribution in [0.3, 0.4) is 0 Å². The number of rotatable bonds is 7. The van der Waals surface area contributed by atoms with E-state index in [0.29, 0.717) is 0 Å². The normalized spacial score (nSPS) is 24.8. The lowest BCUT2D eigenvalue weighted by Crippen LogP contribution is -2.55. The number of nitrogens with zero attached hydrogens (tertiary/aromatic N) is 4. The minimum Gasteiger partial charge on any atom is -0.379 e. The van der Waals surface area contributed by atoms with E-state index in [0.717, 1.165) is 88.8 Å². The van der Waals surface area contributed by atoms with Gasteiger partial charge in [-0.15, -0.1) is 0 Å². The van der Waals surface area contributed by atoms with Gasteiger partial charge in [0.2, 0.25) is 11.4 Å². The molecule has 0 saturated carbocycles. The molecule has 3 heterocycles. The number of fused-ring (bicyclic) bond motifs is 2. The summed E-state index contributed by atoms with van der Waals surface area (Å²) in [5.74, 6) is 0.620. The van der Waals surface area contributed by atoms with Gasteiger partial charge in [-0.3, -0.25) is 4.90 Å². The van der Waals surface area contributed by atoms with Gasteiger partial charge in [-0.05, 0) is 55.2 Å². The average Bonchev–Trinajstić information content (AvgIpc) is 3.23. The Morgan fingerprint density at radius 3 is 2.73 bits per heavy atom. The fraction of sp³-hybridized carbons (Fsp3) is 0.560. The maximum atomic E-state index is 13.5. The number of halogens is 1. The highest BCUT2D eigenvalue weighted by molar-refractivity contribution is 7.89. The summed E-state index contributed by atoms with van der Waals surface area (Å²) in [6, 6.07) is 6.54. The number of aromatic nitrogens is 2. The van der Waals surface area contributed by atoms with Crippen LogP contribution in [0, 0.1) is 11.2 Å². The number of benzene rings is 1. The van der Waals surface area contributed by atoms with Crippen LogP contribution < -0.4 is 0 Å². The third-order valence-corrected chi connectivity index (χ3v) is 8.76. The minimum absolute atomic E-state index is 0.0283. The van der Waals surface area contributed by atoms with Crippen molar-refractivity contribution in [1.29, 1.82) is 0 Å². The first-order valence-electron chi connectivity index (χ1n) is 12.1. The second-order valence-corrected chi connectivity index (χ2v) is 11.1. The molecule has 2 aliphatic heterocycles. The monoisotopic (exact) mass is 473 g/mol. The van der Waals surface area contributed by atoms with Gasteiger partial charge in [0, 0.05) is 25.0 Å². The van der Waals surface area contributed by atoms with Crippen LogP contribution in [-0.4, -0.2) is 75.2 Å². The Hall–Kier alpha value is -1.71. The van der Waals surface area contributed by atoms with Crippen molar-refractivity contribution in [2.75, 3.05) is 51.7 Å². The number of hydrogen-bond donors (Lipinski definition) is 1. The van der Waals surface area contributed by atoms with Crippen LogP contribution in [0.2, 0.25) is 0 Å². The fourth-order valence-corrected chi connectivity index (χ4v) is 6.90. The van der Waals surface area contributed by atoms with Crippen molar-refractivity contribution in [2.45, 2.75) is 32.6 Å². The summed E-state index contributed by atoms with van der Waals surface area (Å²) >= 11 is -0.682. The SMILES string of the molecule is CCCC[S+](O)N1CCC2=Cc3c(cnn3-c3ccc(F)cc3)C[C@]2(CN2CCOCC2)C1. The molecule has 1 aromatic carbocycles. The van der Waals surface area contributed by atoms with E-state index in [2.05, 4.69) is 27.3 Å². The molecule has 6 nitrogen and oxygen atoms in total. The second kappa shape index (κ2) is 9.88. The maximum Gasteiger partial charge on any atom is 0.237 e. The number of ether oxygens (including phenoxy) is 1. The molecule has 1 aliphatic carbocycles. The van der Waals surface area contributed by atoms with Crippen molar-refractivity contribution >= 4 is 17.4 Å². The molecule has 0 radical (unpaired) electrons. The Morgan fingerprint density at radius 1 is 1.18 bits per heavy atom. The third-order valence-electron chi connectivity index (χ3n) is 7.20. The Bertz CT molecular complexity index is 989. The lowest BCUT2D eigenvalue weighted by Gasteiger charge is -2.47. The summed E-state index contributed by atoms with van der Waals surface area (Å²) in [7, 11) is 0. The van der Waals surface area contributed by atoms with E-state index < -0.39 is 11.4 Å². The molecular formula is C25H34FN4O2S+. The molecule has 0 spiro atoms. The predicted molar refractivity (Wildman–Crippen MR) is 131 cm³/mol. The van der Waals surface area contributed by atoms with Gasteiger partial charge in [-0.1, -0.05) is 23.2 Å².